The zero-order valence-corrected chi connectivity index (χ0v) is 21.5. The number of nitrogens with two attached hydrogens (primary N) is 1. The minimum atomic E-state index is -4.27. The van der Waals surface area contributed by atoms with E-state index in [9.17, 15) is 31.5 Å². The normalized spacial score (nSPS) is 15.7. The summed E-state index contributed by atoms with van der Waals surface area (Å²) in [4.78, 5) is 31.7. The standard InChI is InChI=1S/C27H27F5N6O2/c1-16-10-13-37(15-16)24-17(14-34-12-3-11-27(30,31)32)20(33)6-7-21(24)35-26(40)22-8-9-23(39)38(36-22)25-18(28)4-2-5-19(25)29/h2,4-9,14,16H,3,10-13,15,33H2,1H3,(H,35,40)/t16-/m0/s1. The second kappa shape index (κ2) is 11.8. The van der Waals surface area contributed by atoms with Gasteiger partial charge >= 0.3 is 6.18 Å². The molecule has 13 heteroatoms. The fraction of sp³-hybridized carbons (Fsp3) is 0.333. The number of hydrogen-bond acceptors (Lipinski definition) is 6. The van der Waals surface area contributed by atoms with Gasteiger partial charge in [0.1, 0.15) is 11.4 Å². The Morgan fingerprint density at radius 3 is 2.52 bits per heavy atom. The Bertz CT molecular complexity index is 1470. The van der Waals surface area contributed by atoms with Gasteiger partial charge in [-0.2, -0.15) is 23.0 Å². The third-order valence-corrected chi connectivity index (χ3v) is 6.39. The van der Waals surface area contributed by atoms with E-state index >= 15 is 0 Å². The van der Waals surface area contributed by atoms with Gasteiger partial charge in [0.25, 0.3) is 11.5 Å². The lowest BCUT2D eigenvalue weighted by molar-refractivity contribution is -0.134. The molecule has 1 aliphatic heterocycles. The first-order chi connectivity index (χ1) is 18.9. The molecule has 1 saturated heterocycles. The number of alkyl halides is 3. The molecule has 3 aromatic rings. The lowest BCUT2D eigenvalue weighted by Crippen LogP contribution is -2.27. The summed E-state index contributed by atoms with van der Waals surface area (Å²) in [6, 6.07) is 8.25. The number of rotatable bonds is 8. The molecule has 1 atom stereocenters. The van der Waals surface area contributed by atoms with Crippen molar-refractivity contribution in [2.24, 2.45) is 10.9 Å². The van der Waals surface area contributed by atoms with Gasteiger partial charge in [0, 0.05) is 49.6 Å². The van der Waals surface area contributed by atoms with Crippen molar-refractivity contribution in [3.05, 3.63) is 75.7 Å². The topological polar surface area (TPSA) is 106 Å². The number of halogens is 5. The smallest absolute Gasteiger partial charge is 0.389 e. The van der Waals surface area contributed by atoms with Crippen molar-refractivity contribution in [1.29, 1.82) is 0 Å². The Balaban J connectivity index is 1.67. The molecule has 40 heavy (non-hydrogen) atoms. The van der Waals surface area contributed by atoms with Gasteiger partial charge in [-0.15, -0.1) is 0 Å². The number of aromatic nitrogens is 2. The molecule has 0 saturated carbocycles. The highest BCUT2D eigenvalue weighted by molar-refractivity contribution is 6.08. The van der Waals surface area contributed by atoms with Crippen molar-refractivity contribution in [2.45, 2.75) is 32.4 Å². The number of carbonyl (C=O) groups is 1. The van der Waals surface area contributed by atoms with Gasteiger partial charge in [-0.25, -0.2) is 8.78 Å². The van der Waals surface area contributed by atoms with E-state index in [-0.39, 0.29) is 18.7 Å². The van der Waals surface area contributed by atoms with Crippen LogP contribution in [0.4, 0.5) is 39.0 Å². The summed E-state index contributed by atoms with van der Waals surface area (Å²) >= 11 is 0. The van der Waals surface area contributed by atoms with E-state index in [1.54, 1.807) is 6.07 Å². The number of carbonyl (C=O) groups excluding carboxylic acids is 1. The molecule has 1 amide bonds. The Kier molecular flexibility index (Phi) is 8.50. The summed E-state index contributed by atoms with van der Waals surface area (Å²) in [6.07, 6.45) is -3.15. The molecule has 4 rings (SSSR count). The van der Waals surface area contributed by atoms with Crippen LogP contribution in [-0.4, -0.2) is 47.7 Å². The van der Waals surface area contributed by atoms with Gasteiger partial charge in [0.15, 0.2) is 11.6 Å². The van der Waals surface area contributed by atoms with E-state index < -0.39 is 41.4 Å². The third kappa shape index (κ3) is 6.64. The molecule has 2 aromatic carbocycles. The van der Waals surface area contributed by atoms with Crippen molar-refractivity contribution in [1.82, 2.24) is 9.78 Å². The highest BCUT2D eigenvalue weighted by Crippen LogP contribution is 2.36. The molecule has 3 N–H and O–H groups in total. The number of amides is 1. The first kappa shape index (κ1) is 28.7. The number of nitrogen functional groups attached to an aromatic ring is 1. The van der Waals surface area contributed by atoms with Crippen LogP contribution in [0, 0.1) is 17.6 Å². The summed E-state index contributed by atoms with van der Waals surface area (Å²) in [5.41, 5.74) is 5.97. The van der Waals surface area contributed by atoms with Crippen molar-refractivity contribution >= 4 is 29.2 Å². The Hall–Kier alpha value is -4.29. The average molecular weight is 563 g/mol. The lowest BCUT2D eigenvalue weighted by Gasteiger charge is -2.25. The maximum absolute atomic E-state index is 14.3. The number of nitrogens with one attached hydrogen (secondary N) is 1. The predicted molar refractivity (Wildman–Crippen MR) is 142 cm³/mol. The number of aliphatic imine (C=N–C) groups is 1. The molecule has 8 nitrogen and oxygen atoms in total. The number of benzene rings is 2. The minimum Gasteiger partial charge on any atom is -0.398 e. The second-order valence-corrected chi connectivity index (χ2v) is 9.55. The molecular weight excluding hydrogens is 535 g/mol. The zero-order valence-electron chi connectivity index (χ0n) is 21.5. The molecule has 1 aliphatic rings. The number of anilines is 3. The van der Waals surface area contributed by atoms with Gasteiger partial charge in [0.05, 0.1) is 11.4 Å². The molecule has 0 unspecified atom stereocenters. The molecule has 0 spiro atoms. The van der Waals surface area contributed by atoms with E-state index in [4.69, 9.17) is 5.73 Å². The van der Waals surface area contributed by atoms with E-state index in [2.05, 4.69) is 22.3 Å². The number of para-hydroxylation sites is 1. The van der Waals surface area contributed by atoms with Crippen LogP contribution in [0.1, 0.15) is 42.2 Å². The van der Waals surface area contributed by atoms with Crippen LogP contribution < -0.4 is 21.5 Å². The second-order valence-electron chi connectivity index (χ2n) is 9.55. The Morgan fingerprint density at radius 2 is 1.88 bits per heavy atom. The van der Waals surface area contributed by atoms with Crippen LogP contribution >= 0.6 is 0 Å². The van der Waals surface area contributed by atoms with Gasteiger partial charge < -0.3 is 16.0 Å². The monoisotopic (exact) mass is 562 g/mol. The number of nitrogens with zero attached hydrogens (tertiary/aromatic N) is 4. The van der Waals surface area contributed by atoms with Crippen molar-refractivity contribution in [2.75, 3.05) is 35.6 Å². The van der Waals surface area contributed by atoms with Crippen molar-refractivity contribution < 1.29 is 26.7 Å². The lowest BCUT2D eigenvalue weighted by atomic mass is 10.1. The molecule has 1 fully saturated rings. The average Bonchev–Trinajstić information content (AvgIpc) is 3.31. The first-order valence-electron chi connectivity index (χ1n) is 12.5. The van der Waals surface area contributed by atoms with Gasteiger partial charge in [0.2, 0.25) is 0 Å². The van der Waals surface area contributed by atoms with Gasteiger partial charge in [-0.1, -0.05) is 13.0 Å². The third-order valence-electron chi connectivity index (χ3n) is 6.39. The Morgan fingerprint density at radius 1 is 1.15 bits per heavy atom. The maximum atomic E-state index is 14.3. The van der Waals surface area contributed by atoms with E-state index in [1.165, 1.54) is 12.3 Å². The molecule has 0 radical (unpaired) electrons. The van der Waals surface area contributed by atoms with Crippen LogP contribution in [0.5, 0.6) is 0 Å². The van der Waals surface area contributed by atoms with Crippen LogP contribution in [-0.2, 0) is 0 Å². The quantitative estimate of drug-likeness (QED) is 0.175. The van der Waals surface area contributed by atoms with Gasteiger partial charge in [-0.3, -0.25) is 14.6 Å². The largest absolute Gasteiger partial charge is 0.398 e. The highest BCUT2D eigenvalue weighted by Gasteiger charge is 2.27. The summed E-state index contributed by atoms with van der Waals surface area (Å²) in [5.74, 6) is -2.50. The van der Waals surface area contributed by atoms with Crippen LogP contribution in [0.3, 0.4) is 0 Å². The van der Waals surface area contributed by atoms with Crippen LogP contribution in [0.25, 0.3) is 5.69 Å². The van der Waals surface area contributed by atoms with E-state index in [0.29, 0.717) is 46.3 Å². The van der Waals surface area contributed by atoms with Crippen LogP contribution in [0.15, 0.2) is 52.3 Å². The van der Waals surface area contributed by atoms with E-state index in [1.807, 2.05) is 4.90 Å². The predicted octanol–water partition coefficient (Wildman–Crippen LogP) is 4.95. The van der Waals surface area contributed by atoms with Crippen molar-refractivity contribution in [3.63, 3.8) is 0 Å². The zero-order chi connectivity index (χ0) is 29.0. The molecule has 212 valence electrons. The minimum absolute atomic E-state index is 0.0660. The fourth-order valence-electron chi connectivity index (χ4n) is 4.44. The summed E-state index contributed by atoms with van der Waals surface area (Å²) in [6.45, 7) is 3.27. The van der Waals surface area contributed by atoms with Gasteiger partial charge in [-0.05, 0) is 49.1 Å². The summed E-state index contributed by atoms with van der Waals surface area (Å²) in [7, 11) is 0. The molecule has 0 aliphatic carbocycles. The van der Waals surface area contributed by atoms with Crippen LogP contribution in [0.2, 0.25) is 0 Å². The molecule has 2 heterocycles. The molecular formula is C27H27F5N6O2. The maximum Gasteiger partial charge on any atom is 0.389 e. The highest BCUT2D eigenvalue weighted by atomic mass is 19.4. The number of hydrogen-bond donors (Lipinski definition) is 2. The summed E-state index contributed by atoms with van der Waals surface area (Å²) < 4.78 is 66.6. The Labute approximate surface area is 226 Å². The van der Waals surface area contributed by atoms with E-state index in [0.717, 1.165) is 36.8 Å². The molecule has 0 bridgehead atoms. The fourth-order valence-corrected chi connectivity index (χ4v) is 4.44. The summed E-state index contributed by atoms with van der Waals surface area (Å²) in [5, 5.41) is 6.61. The molecule has 1 aromatic heterocycles. The first-order valence-corrected chi connectivity index (χ1v) is 12.5. The van der Waals surface area contributed by atoms with Crippen molar-refractivity contribution in [3.8, 4) is 5.69 Å². The SMILES string of the molecule is C[C@H]1CCN(c2c(NC(=O)c3ccc(=O)n(-c4c(F)cccc4F)n3)ccc(N)c2C=NCCCC(F)(F)F)C1.